The van der Waals surface area contributed by atoms with Crippen LogP contribution in [0.25, 0.3) is 0 Å². The maximum absolute atomic E-state index is 0. The molecular formula is H5AlCuMgZnZr. The SMILES string of the molecule is [AlH3].[Cu].[MgH2].[Zn].[Zr]. The van der Waals surface area contributed by atoms with E-state index in [-0.39, 0.29) is 103 Å². The summed E-state index contributed by atoms with van der Waals surface area (Å²) in [5, 5.41) is 0. The summed E-state index contributed by atoms with van der Waals surface area (Å²) in [6.07, 6.45) is 0. The largest absolute Gasteiger partial charge is 0.316 e. The van der Waals surface area contributed by atoms with Crippen LogP contribution in [-0.4, -0.2) is 40.4 Å². The van der Waals surface area contributed by atoms with E-state index in [0.717, 1.165) is 0 Å². The Morgan fingerprint density at radius 2 is 1.00 bits per heavy atom. The third kappa shape index (κ3) is 18.8. The maximum Gasteiger partial charge on any atom is 0.316 e. The molecule has 0 N–H and O–H groups in total. The summed E-state index contributed by atoms with van der Waals surface area (Å²) in [6.45, 7) is 0. The van der Waals surface area contributed by atoms with E-state index in [1.807, 2.05) is 0 Å². The van der Waals surface area contributed by atoms with Crippen LogP contribution in [0.4, 0.5) is 0 Å². The summed E-state index contributed by atoms with van der Waals surface area (Å²) < 4.78 is 0. The smallest absolute Gasteiger partial charge is 0 e. The molecule has 0 aromatic rings. The van der Waals surface area contributed by atoms with Crippen molar-refractivity contribution in [3.63, 3.8) is 0 Å². The van der Waals surface area contributed by atoms with Crippen molar-refractivity contribution in [3.8, 4) is 0 Å². The molecule has 0 nitrogen and oxygen atoms in total. The predicted octanol–water partition coefficient (Wildman–Crippen LogP) is -2.11. The summed E-state index contributed by atoms with van der Waals surface area (Å²) in [6, 6.07) is 0. The second kappa shape index (κ2) is 26.5. The molecule has 0 heterocycles. The molecule has 27 valence electrons. The quantitative estimate of drug-likeness (QED) is 0.445. The van der Waals surface area contributed by atoms with Crippen LogP contribution in [0.3, 0.4) is 0 Å². The Kier molecular flexibility index (Phi) is 214. The van der Waals surface area contributed by atoms with Gasteiger partial charge in [0.2, 0.25) is 0 Å². The number of hydrogen-bond acceptors (Lipinski definition) is 0. The first-order chi connectivity index (χ1) is 0. The molecule has 0 rings (SSSR count). The summed E-state index contributed by atoms with van der Waals surface area (Å²) in [5.41, 5.74) is 0. The fourth-order valence-electron chi connectivity index (χ4n) is 0. The molecule has 0 bridgehead atoms. The molecule has 0 amide bonds. The van der Waals surface area contributed by atoms with Gasteiger partial charge in [-0.15, -0.1) is 0 Å². The van der Waals surface area contributed by atoms with Gasteiger partial charge in [0.1, 0.15) is 0 Å². The van der Waals surface area contributed by atoms with Gasteiger partial charge >= 0.3 is 23.1 Å². The molecule has 0 aromatic carbocycles. The Labute approximate surface area is 101 Å². The minimum absolute atomic E-state index is 0. The van der Waals surface area contributed by atoms with Crippen molar-refractivity contribution in [2.45, 2.75) is 0 Å². The fraction of sp³-hybridized carbons (Fsp3) is 0. The molecule has 5 heavy (non-hydrogen) atoms. The second-order valence-corrected chi connectivity index (χ2v) is 0. The van der Waals surface area contributed by atoms with E-state index in [1.54, 1.807) is 0 Å². The average molecular weight is 276 g/mol. The molecule has 0 aliphatic rings. The van der Waals surface area contributed by atoms with Crippen molar-refractivity contribution in [1.82, 2.24) is 0 Å². The predicted molar refractivity (Wildman–Crippen MR) is 18.5 cm³/mol. The standard InChI is InChI=1S/Al.Cu.Mg.Zn.Zr.5H. The van der Waals surface area contributed by atoms with Gasteiger partial charge in [-0.05, 0) is 0 Å². The van der Waals surface area contributed by atoms with Crippen molar-refractivity contribution in [2.24, 2.45) is 0 Å². The van der Waals surface area contributed by atoms with E-state index in [9.17, 15) is 0 Å². The van der Waals surface area contributed by atoms with Crippen LogP contribution in [0.1, 0.15) is 0 Å². The van der Waals surface area contributed by atoms with Crippen LogP contribution >= 0.6 is 0 Å². The van der Waals surface area contributed by atoms with Crippen molar-refractivity contribution in [1.29, 1.82) is 0 Å². The van der Waals surface area contributed by atoms with Crippen LogP contribution in [0.15, 0.2) is 0 Å². The zero-order chi connectivity index (χ0) is 0. The van der Waals surface area contributed by atoms with Crippen molar-refractivity contribution < 1.29 is 62.8 Å². The minimum atomic E-state index is 0. The molecule has 1 radical (unpaired) electrons. The van der Waals surface area contributed by atoms with Crippen LogP contribution in [0.5, 0.6) is 0 Å². The van der Waals surface area contributed by atoms with E-state index < -0.39 is 0 Å². The zero-order valence-corrected chi connectivity index (χ0v) is 7.88. The summed E-state index contributed by atoms with van der Waals surface area (Å²) in [5.74, 6) is 0. The number of hydrogen-bond donors (Lipinski definition) is 0. The third-order valence-corrected chi connectivity index (χ3v) is 0. The Bertz CT molecular complexity index is 11.6. The Hall–Kier alpha value is 3.32. The van der Waals surface area contributed by atoms with Gasteiger partial charge in [-0.1, -0.05) is 0 Å². The Balaban J connectivity index is 0. The van der Waals surface area contributed by atoms with Gasteiger partial charge in [0, 0.05) is 62.8 Å². The van der Waals surface area contributed by atoms with Crippen LogP contribution in [-0.2, 0) is 62.8 Å². The summed E-state index contributed by atoms with van der Waals surface area (Å²) in [4.78, 5) is 0. The van der Waals surface area contributed by atoms with Gasteiger partial charge in [-0.2, -0.15) is 0 Å². The second-order valence-electron chi connectivity index (χ2n) is 0. The fourth-order valence-corrected chi connectivity index (χ4v) is 0. The Morgan fingerprint density at radius 1 is 1.00 bits per heavy atom. The van der Waals surface area contributed by atoms with Gasteiger partial charge < -0.3 is 0 Å². The van der Waals surface area contributed by atoms with E-state index in [1.165, 1.54) is 0 Å². The summed E-state index contributed by atoms with van der Waals surface area (Å²) in [7, 11) is 0. The van der Waals surface area contributed by atoms with Crippen LogP contribution < -0.4 is 0 Å². The molecule has 0 spiro atoms. The molecule has 0 aliphatic carbocycles. The first kappa shape index (κ1) is 40.4. The van der Waals surface area contributed by atoms with Gasteiger partial charge in [-0.25, -0.2) is 0 Å². The zero-order valence-electron chi connectivity index (χ0n) is 1.51. The molecular weight excluding hydrogens is 271 g/mol. The van der Waals surface area contributed by atoms with Crippen molar-refractivity contribution >= 4 is 40.4 Å². The molecule has 0 aromatic heterocycles. The van der Waals surface area contributed by atoms with Crippen LogP contribution in [0, 0.1) is 0 Å². The van der Waals surface area contributed by atoms with Gasteiger partial charge in [-0.3, -0.25) is 0 Å². The molecule has 0 saturated heterocycles. The first-order valence-electron chi connectivity index (χ1n) is 0. The minimum Gasteiger partial charge on any atom is 0 e. The van der Waals surface area contributed by atoms with Crippen molar-refractivity contribution in [3.05, 3.63) is 0 Å². The van der Waals surface area contributed by atoms with Gasteiger partial charge in [0.25, 0.3) is 0 Å². The maximum atomic E-state index is 0. The van der Waals surface area contributed by atoms with E-state index in [4.69, 9.17) is 0 Å². The van der Waals surface area contributed by atoms with Gasteiger partial charge in [0.05, 0.1) is 0 Å². The molecule has 0 unspecified atom stereocenters. The Morgan fingerprint density at radius 3 is 1.00 bits per heavy atom. The summed E-state index contributed by atoms with van der Waals surface area (Å²) >= 11 is 0. The first-order valence-corrected chi connectivity index (χ1v) is 0. The monoisotopic (exact) mass is 273 g/mol. The normalized spacial score (nSPS) is 0. The molecule has 0 saturated carbocycles. The topological polar surface area (TPSA) is 0 Å². The van der Waals surface area contributed by atoms with E-state index >= 15 is 0 Å². The molecule has 0 fully saturated rings. The third-order valence-electron chi connectivity index (χ3n) is 0. The van der Waals surface area contributed by atoms with Crippen LogP contribution in [0.2, 0.25) is 0 Å². The number of rotatable bonds is 0. The molecule has 0 aliphatic heterocycles. The molecule has 5 heteroatoms. The van der Waals surface area contributed by atoms with Crippen molar-refractivity contribution in [2.75, 3.05) is 0 Å². The molecule has 0 atom stereocenters. The average Bonchev–Trinajstić information content (AvgIpc) is 0. The van der Waals surface area contributed by atoms with Gasteiger partial charge in [0.15, 0.2) is 17.4 Å². The van der Waals surface area contributed by atoms with E-state index in [0.29, 0.717) is 0 Å². The van der Waals surface area contributed by atoms with E-state index in [2.05, 4.69) is 0 Å².